The molecule has 1 aliphatic heterocycles. The van der Waals surface area contributed by atoms with E-state index in [1.54, 1.807) is 19.1 Å². The Morgan fingerprint density at radius 2 is 1.69 bits per heavy atom. The quantitative estimate of drug-likeness (QED) is 0.481. The van der Waals surface area contributed by atoms with Crippen molar-refractivity contribution in [1.82, 2.24) is 9.46 Å². The highest BCUT2D eigenvalue weighted by molar-refractivity contribution is 7.89. The zero-order valence-corrected chi connectivity index (χ0v) is 22.3. The number of piperidine rings is 1. The maximum atomic E-state index is 13.7. The van der Waals surface area contributed by atoms with Crippen molar-refractivity contribution in [3.05, 3.63) is 75.7 Å². The number of carbonyl (C=O) groups is 1. The van der Waals surface area contributed by atoms with Gasteiger partial charge in [0, 0.05) is 18.8 Å². The Hall–Kier alpha value is -3.23. The lowest BCUT2D eigenvalue weighted by atomic mass is 9.98. The summed E-state index contributed by atoms with van der Waals surface area (Å²) in [5.74, 6) is -0.419. The van der Waals surface area contributed by atoms with Crippen molar-refractivity contribution < 1.29 is 17.7 Å². The lowest BCUT2D eigenvalue weighted by Gasteiger charge is -2.31. The van der Waals surface area contributed by atoms with E-state index in [1.807, 2.05) is 64.1 Å². The van der Waals surface area contributed by atoms with Crippen molar-refractivity contribution in [2.75, 3.05) is 18.4 Å². The van der Waals surface area contributed by atoms with E-state index in [9.17, 15) is 13.2 Å². The molecule has 0 spiro atoms. The molecule has 1 atom stereocenters. The van der Waals surface area contributed by atoms with Crippen LogP contribution in [0.3, 0.4) is 0 Å². The molecule has 8 heteroatoms. The third-order valence-corrected chi connectivity index (χ3v) is 8.64. The number of hydrogen-bond acceptors (Lipinski definition) is 5. The second-order valence-electron chi connectivity index (χ2n) is 9.67. The third-order valence-electron chi connectivity index (χ3n) is 6.62. The SMILES string of the molecule is Cc1ccc(/C=C/c2onc(C)c2S(=O)(=O)N2CCC[C@@H](C(=O)Nc3c(C)cc(C)cc3C)C2)cc1. The highest BCUT2D eigenvalue weighted by atomic mass is 32.2. The lowest BCUT2D eigenvalue weighted by molar-refractivity contribution is -0.120. The fourth-order valence-corrected chi connectivity index (χ4v) is 6.53. The molecule has 0 aliphatic carbocycles. The minimum Gasteiger partial charge on any atom is -0.355 e. The summed E-state index contributed by atoms with van der Waals surface area (Å²) in [6, 6.07) is 11.9. The molecule has 2 aromatic carbocycles. The molecule has 7 nitrogen and oxygen atoms in total. The largest absolute Gasteiger partial charge is 0.355 e. The van der Waals surface area contributed by atoms with E-state index in [0.717, 1.165) is 33.5 Å². The molecule has 1 fully saturated rings. The van der Waals surface area contributed by atoms with Gasteiger partial charge < -0.3 is 9.84 Å². The lowest BCUT2D eigenvalue weighted by Crippen LogP contribution is -2.44. The number of carbonyl (C=O) groups excluding carboxylic acids is 1. The van der Waals surface area contributed by atoms with Gasteiger partial charge >= 0.3 is 0 Å². The number of hydrogen-bond donors (Lipinski definition) is 1. The van der Waals surface area contributed by atoms with Gasteiger partial charge in [0.1, 0.15) is 5.69 Å². The molecular formula is C28H33N3O4S. The summed E-state index contributed by atoms with van der Waals surface area (Å²) in [5, 5.41) is 6.97. The summed E-state index contributed by atoms with van der Waals surface area (Å²) in [6.07, 6.45) is 4.67. The zero-order valence-electron chi connectivity index (χ0n) is 21.5. The molecule has 0 bridgehead atoms. The van der Waals surface area contributed by atoms with E-state index >= 15 is 0 Å². The first kappa shape index (κ1) is 25.9. The maximum Gasteiger partial charge on any atom is 0.248 e. The molecule has 1 N–H and O–H groups in total. The molecule has 0 radical (unpaired) electrons. The van der Waals surface area contributed by atoms with Gasteiger partial charge in [0.05, 0.1) is 5.92 Å². The topological polar surface area (TPSA) is 92.5 Å². The summed E-state index contributed by atoms with van der Waals surface area (Å²) in [4.78, 5) is 13.2. The minimum absolute atomic E-state index is 0.0529. The fraction of sp³-hybridized carbons (Fsp3) is 0.357. The van der Waals surface area contributed by atoms with Crippen molar-refractivity contribution in [2.45, 2.75) is 52.4 Å². The number of nitrogens with one attached hydrogen (secondary N) is 1. The molecular weight excluding hydrogens is 474 g/mol. The first-order valence-corrected chi connectivity index (χ1v) is 13.6. The smallest absolute Gasteiger partial charge is 0.248 e. The minimum atomic E-state index is -3.91. The van der Waals surface area contributed by atoms with Crippen LogP contribution in [0.15, 0.2) is 45.8 Å². The third kappa shape index (κ3) is 5.44. The Labute approximate surface area is 213 Å². The van der Waals surface area contributed by atoms with E-state index < -0.39 is 15.9 Å². The van der Waals surface area contributed by atoms with E-state index in [4.69, 9.17) is 4.52 Å². The maximum absolute atomic E-state index is 13.7. The van der Waals surface area contributed by atoms with Crippen molar-refractivity contribution in [1.29, 1.82) is 0 Å². The Morgan fingerprint density at radius 3 is 2.36 bits per heavy atom. The van der Waals surface area contributed by atoms with Crippen molar-refractivity contribution in [2.24, 2.45) is 5.92 Å². The van der Waals surface area contributed by atoms with Crippen LogP contribution >= 0.6 is 0 Å². The second-order valence-corrected chi connectivity index (χ2v) is 11.5. The normalized spacial score (nSPS) is 17.0. The molecule has 0 unspecified atom stereocenters. The van der Waals surface area contributed by atoms with E-state index in [0.29, 0.717) is 25.1 Å². The average Bonchev–Trinajstić information content (AvgIpc) is 3.22. The Kier molecular flexibility index (Phi) is 7.47. The van der Waals surface area contributed by atoms with Crippen LogP contribution in [0.4, 0.5) is 5.69 Å². The number of amides is 1. The molecule has 4 rings (SSSR count). The Bertz CT molecular complexity index is 1380. The molecule has 36 heavy (non-hydrogen) atoms. The van der Waals surface area contributed by atoms with Crippen LogP contribution in [0, 0.1) is 40.5 Å². The van der Waals surface area contributed by atoms with E-state index in [2.05, 4.69) is 10.5 Å². The van der Waals surface area contributed by atoms with Gasteiger partial charge in [-0.2, -0.15) is 4.31 Å². The number of benzene rings is 2. The summed E-state index contributed by atoms with van der Waals surface area (Å²) >= 11 is 0. The van der Waals surface area contributed by atoms with E-state index in [1.165, 1.54) is 4.31 Å². The van der Waals surface area contributed by atoms with Gasteiger partial charge in [0.15, 0.2) is 10.7 Å². The highest BCUT2D eigenvalue weighted by Gasteiger charge is 2.37. The van der Waals surface area contributed by atoms with Crippen molar-refractivity contribution in [3.63, 3.8) is 0 Å². The van der Waals surface area contributed by atoms with Gasteiger partial charge in [-0.3, -0.25) is 4.79 Å². The van der Waals surface area contributed by atoms with Gasteiger partial charge in [0.2, 0.25) is 15.9 Å². The summed E-state index contributed by atoms with van der Waals surface area (Å²) < 4.78 is 34.1. The van der Waals surface area contributed by atoms with Gasteiger partial charge in [0.25, 0.3) is 0 Å². The van der Waals surface area contributed by atoms with Crippen LogP contribution in [0.25, 0.3) is 12.2 Å². The Balaban J connectivity index is 1.54. The predicted molar refractivity (Wildman–Crippen MR) is 142 cm³/mol. The number of rotatable bonds is 6. The van der Waals surface area contributed by atoms with Crippen LogP contribution in [0.1, 0.15) is 52.1 Å². The average molecular weight is 508 g/mol. The molecule has 1 amide bonds. The highest BCUT2D eigenvalue weighted by Crippen LogP contribution is 2.30. The van der Waals surface area contributed by atoms with Crippen molar-refractivity contribution in [3.8, 4) is 0 Å². The number of nitrogens with zero attached hydrogens (tertiary/aromatic N) is 2. The zero-order chi connectivity index (χ0) is 26.0. The van der Waals surface area contributed by atoms with Crippen LogP contribution in [-0.2, 0) is 14.8 Å². The van der Waals surface area contributed by atoms with Gasteiger partial charge in [-0.15, -0.1) is 0 Å². The predicted octanol–water partition coefficient (Wildman–Crippen LogP) is 5.43. The number of aromatic nitrogens is 1. The monoisotopic (exact) mass is 507 g/mol. The van der Waals surface area contributed by atoms with Crippen molar-refractivity contribution >= 4 is 33.8 Å². The van der Waals surface area contributed by atoms with Gasteiger partial charge in [-0.1, -0.05) is 58.8 Å². The van der Waals surface area contributed by atoms with Crippen LogP contribution in [0.5, 0.6) is 0 Å². The number of aryl methyl sites for hydroxylation is 5. The summed E-state index contributed by atoms with van der Waals surface area (Å²) in [6.45, 7) is 10.0. The fourth-order valence-electron chi connectivity index (χ4n) is 4.75. The molecule has 0 saturated carbocycles. The number of sulfonamides is 1. The van der Waals surface area contributed by atoms with Gasteiger partial charge in [-0.25, -0.2) is 8.42 Å². The first-order chi connectivity index (χ1) is 17.1. The molecule has 1 aliphatic rings. The summed E-state index contributed by atoms with van der Waals surface area (Å²) in [7, 11) is -3.91. The van der Waals surface area contributed by atoms with E-state index in [-0.39, 0.29) is 23.1 Å². The Morgan fingerprint density at radius 1 is 1.03 bits per heavy atom. The van der Waals surface area contributed by atoms with Gasteiger partial charge in [-0.05, 0) is 70.2 Å². The van der Waals surface area contributed by atoms with Crippen LogP contribution < -0.4 is 5.32 Å². The second kappa shape index (κ2) is 10.4. The molecule has 1 saturated heterocycles. The standard InChI is InChI=1S/C28H33N3O4S/c1-18-8-10-23(11-9-18)12-13-25-27(22(5)30-35-25)36(33,34)31-14-6-7-24(17-31)28(32)29-26-20(3)15-19(2)16-21(26)4/h8-13,15-16,24H,6-7,14,17H2,1-5H3,(H,29,32)/b13-12+/t24-/m1/s1. The summed E-state index contributed by atoms with van der Waals surface area (Å²) in [5.41, 5.74) is 6.28. The molecule has 3 aromatic rings. The molecule has 190 valence electrons. The molecule has 2 heterocycles. The van der Waals surface area contributed by atoms with Crippen LogP contribution in [0.2, 0.25) is 0 Å². The first-order valence-electron chi connectivity index (χ1n) is 12.2. The number of anilines is 1. The van der Waals surface area contributed by atoms with Crippen LogP contribution in [-0.4, -0.2) is 36.9 Å². The molecule has 1 aromatic heterocycles.